The molecule has 2 fully saturated rings. The van der Waals surface area contributed by atoms with Crippen molar-refractivity contribution in [3.63, 3.8) is 0 Å². The lowest BCUT2D eigenvalue weighted by atomic mass is 10.1. The molecule has 0 saturated carbocycles. The molecule has 2 atom stereocenters. The molecule has 0 bridgehead atoms. The molecule has 0 spiro atoms. The maximum Gasteiger partial charge on any atom is 0.248 e. The average Bonchev–Trinajstić information content (AvgIpc) is 3.83. The highest BCUT2D eigenvalue weighted by Crippen LogP contribution is 2.35. The van der Waals surface area contributed by atoms with Crippen molar-refractivity contribution in [2.75, 3.05) is 13.2 Å². The second-order valence-electron chi connectivity index (χ2n) is 10.7. The van der Waals surface area contributed by atoms with Gasteiger partial charge in [0.15, 0.2) is 36.4 Å². The van der Waals surface area contributed by atoms with E-state index in [9.17, 15) is 9.59 Å². The smallest absolute Gasteiger partial charge is 0.248 e. The van der Waals surface area contributed by atoms with Crippen molar-refractivity contribution >= 4 is 35.8 Å². The lowest BCUT2D eigenvalue weighted by Gasteiger charge is -2.15. The molecule has 0 radical (unpaired) electrons. The number of carbonyl (C=O) groups is 2. The van der Waals surface area contributed by atoms with Gasteiger partial charge in [0, 0.05) is 22.3 Å². The number of carbonyl (C=O) groups excluding carboxylic acids is 2. The highest BCUT2D eigenvalue weighted by molar-refractivity contribution is 6.32. The van der Waals surface area contributed by atoms with E-state index in [1.54, 1.807) is 36.4 Å². The van der Waals surface area contributed by atoms with E-state index in [0.29, 0.717) is 81.6 Å². The van der Waals surface area contributed by atoms with E-state index in [0.717, 1.165) is 0 Å². The Bertz CT molecular complexity index is 1740. The van der Waals surface area contributed by atoms with Crippen LogP contribution in [-0.4, -0.2) is 57.8 Å². The predicted octanol–water partition coefficient (Wildman–Crippen LogP) is 5.53. The molecule has 4 aromatic rings. The van der Waals surface area contributed by atoms with Crippen molar-refractivity contribution in [2.45, 2.75) is 51.5 Å². The average molecular weight is 665 g/mol. The van der Waals surface area contributed by atoms with Crippen LogP contribution in [0.2, 0.25) is 10.0 Å². The quantitative estimate of drug-likeness (QED) is 0.199. The van der Waals surface area contributed by atoms with Crippen LogP contribution in [0.5, 0.6) is 0 Å². The molecule has 236 valence electrons. The summed E-state index contributed by atoms with van der Waals surface area (Å²) in [5.41, 5.74) is 2.42. The number of aldehydes is 2. The molecule has 2 aliphatic heterocycles. The number of hydrogen-bond acceptors (Lipinski definition) is 12. The molecule has 4 heterocycles. The first-order chi connectivity index (χ1) is 22.0. The number of halogens is 2. The fourth-order valence-electron chi connectivity index (χ4n) is 4.29. The van der Waals surface area contributed by atoms with Crippen LogP contribution in [0.3, 0.4) is 0 Å². The number of ether oxygens (including phenoxy) is 4. The zero-order valence-corrected chi connectivity index (χ0v) is 26.5. The third-order valence-corrected chi connectivity index (χ3v) is 7.04. The van der Waals surface area contributed by atoms with Gasteiger partial charge in [-0.25, -0.2) is 0 Å². The number of aromatic nitrogens is 4. The Balaban J connectivity index is 0.000000181. The van der Waals surface area contributed by atoms with Crippen LogP contribution in [0.1, 0.15) is 62.8 Å². The first kappa shape index (κ1) is 33.0. The highest BCUT2D eigenvalue weighted by atomic mass is 35.5. The van der Waals surface area contributed by atoms with Gasteiger partial charge in [0.1, 0.15) is 0 Å². The highest BCUT2D eigenvalue weighted by Gasteiger charge is 2.38. The van der Waals surface area contributed by atoms with Crippen LogP contribution in [0, 0.1) is 23.7 Å². The first-order valence-corrected chi connectivity index (χ1v) is 14.5. The summed E-state index contributed by atoms with van der Waals surface area (Å²) in [5, 5.41) is 16.8. The molecule has 0 aliphatic carbocycles. The minimum atomic E-state index is -0.665. The lowest BCUT2D eigenvalue weighted by Crippen LogP contribution is -2.19. The third-order valence-electron chi connectivity index (χ3n) is 6.41. The third kappa shape index (κ3) is 8.05. The molecule has 2 aromatic carbocycles. The number of nitrogens with zero attached hydrogens (tertiary/aromatic N) is 4. The van der Waals surface area contributed by atoms with Gasteiger partial charge in [-0.15, -0.1) is 20.4 Å². The molecule has 2 aromatic heterocycles. The lowest BCUT2D eigenvalue weighted by molar-refractivity contribution is -0.141. The largest absolute Gasteiger partial charge is 0.418 e. The Morgan fingerprint density at radius 1 is 0.696 bits per heavy atom. The normalized spacial score (nSPS) is 19.2. The van der Waals surface area contributed by atoms with Gasteiger partial charge in [0.05, 0.1) is 23.3 Å². The van der Waals surface area contributed by atoms with Gasteiger partial charge >= 0.3 is 0 Å². The Kier molecular flexibility index (Phi) is 9.99. The van der Waals surface area contributed by atoms with Crippen LogP contribution < -0.4 is 0 Å². The second kappa shape index (κ2) is 13.9. The van der Waals surface area contributed by atoms with Crippen LogP contribution >= 0.6 is 23.2 Å². The van der Waals surface area contributed by atoms with Crippen LogP contribution in [0.4, 0.5) is 0 Å². The van der Waals surface area contributed by atoms with Crippen LogP contribution in [0.15, 0.2) is 45.2 Å². The number of rotatable bonds is 4. The monoisotopic (exact) mass is 664 g/mol. The molecule has 2 aliphatic rings. The molecule has 0 unspecified atom stereocenters. The zero-order valence-electron chi connectivity index (χ0n) is 25.0. The van der Waals surface area contributed by atoms with E-state index < -0.39 is 11.6 Å². The molecule has 6 rings (SSSR count). The van der Waals surface area contributed by atoms with Gasteiger partial charge in [0.2, 0.25) is 23.6 Å². The zero-order chi connectivity index (χ0) is 32.9. The molecule has 12 nitrogen and oxygen atoms in total. The second-order valence-corrected chi connectivity index (χ2v) is 11.5. The molecule has 0 N–H and O–H groups in total. The summed E-state index contributed by atoms with van der Waals surface area (Å²) in [6.07, 6.45) is 0.248. The molecule has 2 saturated heterocycles. The van der Waals surface area contributed by atoms with Gasteiger partial charge in [0.25, 0.3) is 0 Å². The maximum absolute atomic E-state index is 10.3. The van der Waals surface area contributed by atoms with E-state index in [-0.39, 0.29) is 12.2 Å². The van der Waals surface area contributed by atoms with E-state index in [1.165, 1.54) is 0 Å². The van der Waals surface area contributed by atoms with Gasteiger partial charge in [-0.1, -0.05) is 35.0 Å². The number of hydrogen-bond donors (Lipinski definition) is 0. The standard InChI is InChI=1S/2C16H13ClN2O4/c2*1-16(2)21-9-13(23-16)15-19-18-14(22-15)11-6-5-10(4-3-7-20)12(17)8-11/h2*5-8,13H,9H2,1-2H3/t2*13-/m10/s1. The van der Waals surface area contributed by atoms with Crippen LogP contribution in [0.25, 0.3) is 22.9 Å². The minimum Gasteiger partial charge on any atom is -0.418 e. The van der Waals surface area contributed by atoms with E-state index in [1.807, 2.05) is 27.7 Å². The summed E-state index contributed by atoms with van der Waals surface area (Å²) in [5.74, 6) is 9.95. The molecule has 0 amide bonds. The van der Waals surface area contributed by atoms with E-state index in [2.05, 4.69) is 44.1 Å². The van der Waals surface area contributed by atoms with Crippen molar-refractivity contribution in [2.24, 2.45) is 0 Å². The molecule has 14 heteroatoms. The van der Waals surface area contributed by atoms with Gasteiger partial charge in [-0.3, -0.25) is 9.59 Å². The van der Waals surface area contributed by atoms with Crippen molar-refractivity contribution in [1.29, 1.82) is 0 Å². The van der Waals surface area contributed by atoms with Gasteiger partial charge < -0.3 is 27.8 Å². The van der Waals surface area contributed by atoms with Crippen molar-refractivity contribution in [1.82, 2.24) is 20.4 Å². The first-order valence-electron chi connectivity index (χ1n) is 13.8. The van der Waals surface area contributed by atoms with Gasteiger partial charge in [-0.05, 0) is 75.9 Å². The fraction of sp³-hybridized carbons (Fsp3) is 0.312. The Hall–Kier alpha value is -4.40. The van der Waals surface area contributed by atoms with Crippen molar-refractivity contribution < 1.29 is 37.4 Å². The fourth-order valence-corrected chi connectivity index (χ4v) is 4.75. The predicted molar refractivity (Wildman–Crippen MR) is 163 cm³/mol. The summed E-state index contributed by atoms with van der Waals surface area (Å²) < 4.78 is 33.6. The van der Waals surface area contributed by atoms with E-state index in [4.69, 9.17) is 51.0 Å². The maximum atomic E-state index is 10.3. The molecule has 46 heavy (non-hydrogen) atoms. The SMILES string of the molecule is CC1(C)OC[C@@H](c2nnc(-c3ccc(C#CC=O)c(Cl)c3)o2)O1.CC1(C)OC[C@H](c2nnc(-c3ccc(C#CC=O)c(Cl)c3)o2)O1. The van der Waals surface area contributed by atoms with Crippen molar-refractivity contribution in [3.05, 3.63) is 69.4 Å². The molecular formula is C32H26Cl2N4O8. The molecular weight excluding hydrogens is 639 g/mol. The Labute approximate surface area is 273 Å². The Morgan fingerprint density at radius 3 is 1.43 bits per heavy atom. The summed E-state index contributed by atoms with van der Waals surface area (Å²) in [4.78, 5) is 20.6. The van der Waals surface area contributed by atoms with E-state index >= 15 is 0 Å². The summed E-state index contributed by atoms with van der Waals surface area (Å²) in [6.45, 7) is 8.00. The summed E-state index contributed by atoms with van der Waals surface area (Å²) in [6, 6.07) is 10.2. The summed E-state index contributed by atoms with van der Waals surface area (Å²) >= 11 is 12.3. The topological polar surface area (TPSA) is 149 Å². The summed E-state index contributed by atoms with van der Waals surface area (Å²) in [7, 11) is 0. The Morgan fingerprint density at radius 2 is 1.11 bits per heavy atom. The van der Waals surface area contributed by atoms with Crippen molar-refractivity contribution in [3.8, 4) is 46.6 Å². The van der Waals surface area contributed by atoms with Crippen LogP contribution in [-0.2, 0) is 28.5 Å². The van der Waals surface area contributed by atoms with Gasteiger partial charge in [-0.2, -0.15) is 0 Å². The minimum absolute atomic E-state index is 0.324. The number of benzene rings is 2.